The van der Waals surface area contributed by atoms with Crippen LogP contribution in [-0.2, 0) is 16.1 Å². The fourth-order valence-electron chi connectivity index (χ4n) is 2.96. The van der Waals surface area contributed by atoms with Gasteiger partial charge in [-0.15, -0.1) is 0 Å². The van der Waals surface area contributed by atoms with Gasteiger partial charge in [-0.3, -0.25) is 9.48 Å². The normalized spacial score (nSPS) is 20.7. The summed E-state index contributed by atoms with van der Waals surface area (Å²) in [5.74, 6) is 0.620. The Morgan fingerprint density at radius 1 is 1.46 bits per heavy atom. The molecule has 24 heavy (non-hydrogen) atoms. The quantitative estimate of drug-likeness (QED) is 0.726. The number of aromatic nitrogens is 2. The molecule has 0 aliphatic carbocycles. The highest BCUT2D eigenvalue weighted by Gasteiger charge is 2.28. The molecule has 0 aromatic carbocycles. The van der Waals surface area contributed by atoms with Crippen LogP contribution in [0.3, 0.4) is 0 Å². The van der Waals surface area contributed by atoms with E-state index in [9.17, 15) is 9.59 Å². The molecule has 0 spiro atoms. The van der Waals surface area contributed by atoms with Crippen LogP contribution in [-0.4, -0.2) is 48.0 Å². The van der Waals surface area contributed by atoms with Crippen molar-refractivity contribution < 1.29 is 14.3 Å². The van der Waals surface area contributed by atoms with Crippen molar-refractivity contribution in [1.82, 2.24) is 20.4 Å². The van der Waals surface area contributed by atoms with E-state index < -0.39 is 0 Å². The van der Waals surface area contributed by atoms with Gasteiger partial charge in [-0.05, 0) is 18.8 Å². The molecule has 1 aliphatic heterocycles. The fourth-order valence-corrected chi connectivity index (χ4v) is 2.96. The lowest BCUT2D eigenvalue weighted by Crippen LogP contribution is -2.42. The van der Waals surface area contributed by atoms with Crippen molar-refractivity contribution in [2.45, 2.75) is 39.3 Å². The Morgan fingerprint density at radius 2 is 2.25 bits per heavy atom. The third-order valence-electron chi connectivity index (χ3n) is 4.15. The Morgan fingerprint density at radius 3 is 2.96 bits per heavy atom. The molecule has 134 valence electrons. The summed E-state index contributed by atoms with van der Waals surface area (Å²) in [5.41, 5.74) is 0.553. The number of nitrogens with one attached hydrogen (secondary N) is 3. The summed E-state index contributed by atoms with van der Waals surface area (Å²) in [6, 6.07) is -0.275. The van der Waals surface area contributed by atoms with Crippen LogP contribution in [0.1, 0.15) is 26.7 Å². The smallest absolute Gasteiger partial charge is 0.319 e. The maximum Gasteiger partial charge on any atom is 0.319 e. The van der Waals surface area contributed by atoms with Gasteiger partial charge in [0.15, 0.2) is 0 Å². The molecule has 3 N–H and O–H groups in total. The number of ether oxygens (including phenoxy) is 1. The van der Waals surface area contributed by atoms with Crippen LogP contribution in [0.4, 0.5) is 10.5 Å². The number of anilines is 1. The minimum absolute atomic E-state index is 0.120. The zero-order valence-corrected chi connectivity index (χ0v) is 14.5. The van der Waals surface area contributed by atoms with E-state index in [1.54, 1.807) is 13.2 Å². The SMILES string of the molecule is CNC(=O)Cn1cc(NC(=O)NCC2CCCOC2C(C)C)cn1. The Labute approximate surface area is 142 Å². The highest BCUT2D eigenvalue weighted by molar-refractivity contribution is 5.88. The third kappa shape index (κ3) is 5.23. The number of rotatable bonds is 6. The van der Waals surface area contributed by atoms with E-state index in [0.29, 0.717) is 24.1 Å². The lowest BCUT2D eigenvalue weighted by Gasteiger charge is -2.34. The second-order valence-corrected chi connectivity index (χ2v) is 6.42. The highest BCUT2D eigenvalue weighted by atomic mass is 16.5. The number of carbonyl (C=O) groups is 2. The summed E-state index contributed by atoms with van der Waals surface area (Å²) in [4.78, 5) is 23.3. The number of hydrogen-bond acceptors (Lipinski definition) is 4. The molecule has 0 bridgehead atoms. The minimum atomic E-state index is -0.275. The standard InChI is InChI=1S/C16H27N5O3/c1-11(2)15-12(5-4-6-24-15)7-18-16(23)20-13-8-19-21(9-13)10-14(22)17-3/h8-9,11-12,15H,4-7,10H2,1-3H3,(H,17,22)(H2,18,20,23). The summed E-state index contributed by atoms with van der Waals surface area (Å²) >= 11 is 0. The van der Waals surface area contributed by atoms with Gasteiger partial charge in [0.2, 0.25) is 5.91 Å². The van der Waals surface area contributed by atoms with Gasteiger partial charge in [0.05, 0.1) is 18.0 Å². The van der Waals surface area contributed by atoms with Gasteiger partial charge >= 0.3 is 6.03 Å². The third-order valence-corrected chi connectivity index (χ3v) is 4.15. The second kappa shape index (κ2) is 8.68. The van der Waals surface area contributed by atoms with Crippen molar-refractivity contribution in [1.29, 1.82) is 0 Å². The topological polar surface area (TPSA) is 97.3 Å². The average molecular weight is 337 g/mol. The van der Waals surface area contributed by atoms with Gasteiger partial charge in [-0.2, -0.15) is 5.10 Å². The van der Waals surface area contributed by atoms with Crippen LogP contribution in [0.25, 0.3) is 0 Å². The van der Waals surface area contributed by atoms with Crippen molar-refractivity contribution in [3.8, 4) is 0 Å². The summed E-state index contributed by atoms with van der Waals surface area (Å²) in [6.45, 7) is 5.79. The molecule has 2 unspecified atom stereocenters. The maximum absolute atomic E-state index is 12.0. The second-order valence-electron chi connectivity index (χ2n) is 6.42. The average Bonchev–Trinajstić information content (AvgIpc) is 2.99. The molecule has 2 atom stereocenters. The van der Waals surface area contributed by atoms with Gasteiger partial charge in [-0.25, -0.2) is 4.79 Å². The van der Waals surface area contributed by atoms with Crippen molar-refractivity contribution in [3.05, 3.63) is 12.4 Å². The lowest BCUT2D eigenvalue weighted by atomic mass is 9.87. The van der Waals surface area contributed by atoms with Gasteiger partial charge in [-0.1, -0.05) is 13.8 Å². The maximum atomic E-state index is 12.0. The van der Waals surface area contributed by atoms with E-state index in [4.69, 9.17) is 4.74 Å². The molecule has 8 nitrogen and oxygen atoms in total. The number of nitrogens with zero attached hydrogens (tertiary/aromatic N) is 2. The molecule has 1 aromatic rings. The first-order valence-corrected chi connectivity index (χ1v) is 8.39. The van der Waals surface area contributed by atoms with Crippen LogP contribution in [0.5, 0.6) is 0 Å². The first kappa shape index (κ1) is 18.3. The summed E-state index contributed by atoms with van der Waals surface area (Å²) in [6.07, 6.45) is 5.42. The highest BCUT2D eigenvalue weighted by Crippen LogP contribution is 2.25. The molecular weight excluding hydrogens is 310 g/mol. The van der Waals surface area contributed by atoms with Crippen LogP contribution in [0, 0.1) is 11.8 Å². The van der Waals surface area contributed by atoms with E-state index >= 15 is 0 Å². The van der Waals surface area contributed by atoms with Crippen LogP contribution >= 0.6 is 0 Å². The molecule has 3 amide bonds. The first-order valence-electron chi connectivity index (χ1n) is 8.39. The number of urea groups is 1. The molecule has 2 heterocycles. The number of amides is 3. The summed E-state index contributed by atoms with van der Waals surface area (Å²) < 4.78 is 7.30. The van der Waals surface area contributed by atoms with Crippen LogP contribution in [0.2, 0.25) is 0 Å². The Hall–Kier alpha value is -2.09. The van der Waals surface area contributed by atoms with Gasteiger partial charge < -0.3 is 20.7 Å². The molecule has 1 aliphatic rings. The van der Waals surface area contributed by atoms with E-state index in [-0.39, 0.29) is 24.6 Å². The van der Waals surface area contributed by atoms with E-state index in [0.717, 1.165) is 19.4 Å². The van der Waals surface area contributed by atoms with Crippen molar-refractivity contribution in [2.75, 3.05) is 25.5 Å². The molecule has 1 saturated heterocycles. The van der Waals surface area contributed by atoms with Crippen molar-refractivity contribution >= 4 is 17.6 Å². The monoisotopic (exact) mass is 337 g/mol. The molecule has 8 heteroatoms. The summed E-state index contributed by atoms with van der Waals surface area (Å²) in [5, 5.41) is 12.2. The Balaban J connectivity index is 1.79. The Bertz CT molecular complexity index is 558. The van der Waals surface area contributed by atoms with Crippen LogP contribution in [0.15, 0.2) is 12.4 Å². The molecule has 1 fully saturated rings. The predicted molar refractivity (Wildman–Crippen MR) is 90.6 cm³/mol. The van der Waals surface area contributed by atoms with Gasteiger partial charge in [0.25, 0.3) is 0 Å². The van der Waals surface area contributed by atoms with Gasteiger partial charge in [0.1, 0.15) is 6.54 Å². The van der Waals surface area contributed by atoms with E-state index in [2.05, 4.69) is 34.9 Å². The summed E-state index contributed by atoms with van der Waals surface area (Å²) in [7, 11) is 1.57. The minimum Gasteiger partial charge on any atom is -0.378 e. The zero-order valence-electron chi connectivity index (χ0n) is 14.5. The number of likely N-dealkylation sites (N-methyl/N-ethyl adjacent to an activating group) is 1. The molecular formula is C16H27N5O3. The lowest BCUT2D eigenvalue weighted by molar-refractivity contribution is -0.121. The first-order chi connectivity index (χ1) is 11.5. The van der Waals surface area contributed by atoms with Crippen LogP contribution < -0.4 is 16.0 Å². The van der Waals surface area contributed by atoms with Gasteiger partial charge in [0, 0.05) is 32.3 Å². The van der Waals surface area contributed by atoms with Crippen molar-refractivity contribution in [3.63, 3.8) is 0 Å². The molecule has 0 saturated carbocycles. The number of hydrogen-bond donors (Lipinski definition) is 3. The number of carbonyl (C=O) groups excluding carboxylic acids is 2. The molecule has 1 aromatic heterocycles. The molecule has 0 radical (unpaired) electrons. The molecule has 2 rings (SSSR count). The van der Waals surface area contributed by atoms with Crippen molar-refractivity contribution in [2.24, 2.45) is 11.8 Å². The Kier molecular flexibility index (Phi) is 6.60. The predicted octanol–water partition coefficient (Wildman–Crippen LogP) is 1.20. The van der Waals surface area contributed by atoms with E-state index in [1.807, 2.05) is 0 Å². The zero-order chi connectivity index (χ0) is 17.5. The fraction of sp³-hybridized carbons (Fsp3) is 0.688. The largest absolute Gasteiger partial charge is 0.378 e. The van der Waals surface area contributed by atoms with E-state index in [1.165, 1.54) is 10.9 Å².